The molecule has 3 rings (SSSR count). The second-order valence-electron chi connectivity index (χ2n) is 5.98. The number of rotatable bonds is 4. The number of hydrogen-bond acceptors (Lipinski definition) is 4. The van der Waals surface area contributed by atoms with Crippen LogP contribution in [0.4, 0.5) is 0 Å². The molecule has 0 saturated carbocycles. The van der Waals surface area contributed by atoms with E-state index in [4.69, 9.17) is 4.74 Å². The van der Waals surface area contributed by atoms with Gasteiger partial charge >= 0.3 is 0 Å². The number of ether oxygens (including phenoxy) is 1. The maximum absolute atomic E-state index is 12.4. The highest BCUT2D eigenvalue weighted by molar-refractivity contribution is 5.79. The summed E-state index contributed by atoms with van der Waals surface area (Å²) in [5, 5.41) is 7.24. The normalized spacial score (nSPS) is 21.9. The fourth-order valence-electron chi connectivity index (χ4n) is 3.03. The summed E-state index contributed by atoms with van der Waals surface area (Å²) in [4.78, 5) is 18.8. The average Bonchev–Trinajstić information content (AvgIpc) is 3.04. The topological polar surface area (TPSA) is 71.1 Å². The van der Waals surface area contributed by atoms with E-state index in [0.717, 1.165) is 17.8 Å². The molecule has 2 heterocycles. The predicted octanol–water partition coefficient (Wildman–Crippen LogP) is 2.42. The smallest absolute Gasteiger partial charge is 0.249 e. The molecule has 0 bridgehead atoms. The van der Waals surface area contributed by atoms with Gasteiger partial charge < -0.3 is 9.64 Å². The van der Waals surface area contributed by atoms with Gasteiger partial charge in [-0.05, 0) is 19.4 Å². The van der Waals surface area contributed by atoms with Crippen molar-refractivity contribution >= 4 is 5.91 Å². The van der Waals surface area contributed by atoms with Gasteiger partial charge in [0.15, 0.2) is 5.82 Å². The lowest BCUT2D eigenvalue weighted by atomic mass is 9.96. The molecule has 1 N–H and O–H groups in total. The van der Waals surface area contributed by atoms with Gasteiger partial charge in [0.05, 0.1) is 6.04 Å². The van der Waals surface area contributed by atoms with Crippen molar-refractivity contribution in [3.8, 4) is 0 Å². The summed E-state index contributed by atoms with van der Waals surface area (Å²) in [5.74, 6) is 1.42. The van der Waals surface area contributed by atoms with E-state index >= 15 is 0 Å². The van der Waals surface area contributed by atoms with E-state index < -0.39 is 0 Å². The molecular formula is C17H22N4O2. The highest BCUT2D eigenvalue weighted by atomic mass is 16.5. The molecule has 1 aliphatic rings. The van der Waals surface area contributed by atoms with Gasteiger partial charge in [-0.2, -0.15) is 5.10 Å². The van der Waals surface area contributed by atoms with Crippen LogP contribution in [0.2, 0.25) is 0 Å². The van der Waals surface area contributed by atoms with Gasteiger partial charge in [0.2, 0.25) is 5.91 Å². The minimum atomic E-state index is -0.367. The van der Waals surface area contributed by atoms with E-state index in [1.54, 1.807) is 0 Å². The lowest BCUT2D eigenvalue weighted by Gasteiger charge is -2.42. The third-order valence-electron chi connectivity index (χ3n) is 4.10. The molecule has 1 fully saturated rings. The molecule has 23 heavy (non-hydrogen) atoms. The first kappa shape index (κ1) is 15.7. The molecule has 2 atom stereocenters. The number of aromatic nitrogens is 3. The van der Waals surface area contributed by atoms with E-state index in [0.29, 0.717) is 5.82 Å². The number of aryl methyl sites for hydroxylation is 1. The van der Waals surface area contributed by atoms with Crippen molar-refractivity contribution in [1.82, 2.24) is 20.1 Å². The quantitative estimate of drug-likeness (QED) is 0.941. The number of hydrogen-bond donors (Lipinski definition) is 1. The Kier molecular flexibility index (Phi) is 4.43. The molecular weight excluding hydrogens is 292 g/mol. The number of nitrogens with one attached hydrogen (secondary N) is 1. The van der Waals surface area contributed by atoms with Crippen LogP contribution in [0.3, 0.4) is 0 Å². The fraction of sp³-hybridized carbons (Fsp3) is 0.471. The van der Waals surface area contributed by atoms with Gasteiger partial charge in [-0.25, -0.2) is 4.98 Å². The Morgan fingerprint density at radius 1 is 1.35 bits per heavy atom. The van der Waals surface area contributed by atoms with Crippen molar-refractivity contribution in [3.63, 3.8) is 0 Å². The van der Waals surface area contributed by atoms with E-state index in [-0.39, 0.29) is 30.7 Å². The van der Waals surface area contributed by atoms with Crippen molar-refractivity contribution in [1.29, 1.82) is 0 Å². The van der Waals surface area contributed by atoms with Crippen molar-refractivity contribution in [2.24, 2.45) is 0 Å². The van der Waals surface area contributed by atoms with Gasteiger partial charge in [-0.1, -0.05) is 37.3 Å². The molecule has 1 aliphatic heterocycles. The Morgan fingerprint density at radius 2 is 2.09 bits per heavy atom. The van der Waals surface area contributed by atoms with Crippen molar-refractivity contribution in [2.75, 3.05) is 6.61 Å². The summed E-state index contributed by atoms with van der Waals surface area (Å²) in [7, 11) is 0. The largest absolute Gasteiger partial charge is 0.358 e. The molecule has 2 aromatic rings. The summed E-state index contributed by atoms with van der Waals surface area (Å²) in [6, 6.07) is 9.79. The van der Waals surface area contributed by atoms with Gasteiger partial charge in [0, 0.05) is 12.5 Å². The molecule has 122 valence electrons. The number of benzene rings is 1. The van der Waals surface area contributed by atoms with Crippen LogP contribution in [-0.4, -0.2) is 38.6 Å². The SMILES string of the molecule is CCc1nc([C@H]2OCC(=O)N(C(C)C)[C@@H]2c2ccccc2)n[nH]1. The Bertz CT molecular complexity index is 668. The van der Waals surface area contributed by atoms with E-state index in [2.05, 4.69) is 15.2 Å². The molecule has 6 heteroatoms. The maximum Gasteiger partial charge on any atom is 0.249 e. The lowest BCUT2D eigenvalue weighted by molar-refractivity contribution is -0.162. The second kappa shape index (κ2) is 6.50. The lowest BCUT2D eigenvalue weighted by Crippen LogP contribution is -2.49. The number of amides is 1. The van der Waals surface area contributed by atoms with Crippen LogP contribution in [0.25, 0.3) is 0 Å². The first-order valence-corrected chi connectivity index (χ1v) is 8.00. The first-order valence-electron chi connectivity index (χ1n) is 8.00. The predicted molar refractivity (Wildman–Crippen MR) is 85.6 cm³/mol. The van der Waals surface area contributed by atoms with E-state index in [1.807, 2.05) is 56.0 Å². The fourth-order valence-corrected chi connectivity index (χ4v) is 3.03. The molecule has 0 spiro atoms. The van der Waals surface area contributed by atoms with E-state index in [1.165, 1.54) is 0 Å². The van der Waals surface area contributed by atoms with Gasteiger partial charge in [-0.15, -0.1) is 0 Å². The van der Waals surface area contributed by atoms with Crippen LogP contribution in [0.1, 0.15) is 50.1 Å². The molecule has 0 aliphatic carbocycles. The summed E-state index contributed by atoms with van der Waals surface area (Å²) in [6.45, 7) is 6.12. The van der Waals surface area contributed by atoms with Crippen LogP contribution in [0, 0.1) is 0 Å². The minimum absolute atomic E-state index is 0.00338. The highest BCUT2D eigenvalue weighted by Crippen LogP contribution is 2.39. The van der Waals surface area contributed by atoms with Crippen LogP contribution in [-0.2, 0) is 16.0 Å². The number of carbonyl (C=O) groups is 1. The summed E-state index contributed by atoms with van der Waals surface area (Å²) in [5.41, 5.74) is 1.03. The van der Waals surface area contributed by atoms with Crippen LogP contribution < -0.4 is 0 Å². The Morgan fingerprint density at radius 3 is 2.70 bits per heavy atom. The number of morpholine rings is 1. The standard InChI is InChI=1S/C17H22N4O2/c1-4-13-18-17(20-19-13)16-15(12-8-6-5-7-9-12)21(11(2)3)14(22)10-23-16/h5-9,11,15-16H,4,10H2,1-3H3,(H,18,19,20)/t15-,16+/m1/s1. The second-order valence-corrected chi connectivity index (χ2v) is 5.98. The number of carbonyl (C=O) groups excluding carboxylic acids is 1. The zero-order valence-corrected chi connectivity index (χ0v) is 13.7. The number of H-pyrrole nitrogens is 1. The molecule has 1 amide bonds. The summed E-state index contributed by atoms with van der Waals surface area (Å²) < 4.78 is 5.85. The zero-order valence-electron chi connectivity index (χ0n) is 13.7. The molecule has 1 aromatic heterocycles. The molecule has 0 radical (unpaired) electrons. The van der Waals surface area contributed by atoms with Gasteiger partial charge in [0.25, 0.3) is 0 Å². The van der Waals surface area contributed by atoms with Crippen LogP contribution in [0.5, 0.6) is 0 Å². The Labute approximate surface area is 135 Å². The first-order chi connectivity index (χ1) is 11.1. The summed E-state index contributed by atoms with van der Waals surface area (Å²) in [6.07, 6.45) is 0.414. The number of aromatic amines is 1. The van der Waals surface area contributed by atoms with Crippen LogP contribution in [0.15, 0.2) is 30.3 Å². The molecule has 1 saturated heterocycles. The Hall–Kier alpha value is -2.21. The van der Waals surface area contributed by atoms with Crippen molar-refractivity contribution < 1.29 is 9.53 Å². The minimum Gasteiger partial charge on any atom is -0.358 e. The van der Waals surface area contributed by atoms with Crippen molar-refractivity contribution in [2.45, 2.75) is 45.4 Å². The molecule has 1 aromatic carbocycles. The molecule has 6 nitrogen and oxygen atoms in total. The highest BCUT2D eigenvalue weighted by Gasteiger charge is 2.41. The van der Waals surface area contributed by atoms with Gasteiger partial charge in [0.1, 0.15) is 18.5 Å². The number of nitrogens with zero attached hydrogens (tertiary/aromatic N) is 3. The van der Waals surface area contributed by atoms with Crippen LogP contribution >= 0.6 is 0 Å². The zero-order chi connectivity index (χ0) is 16.4. The monoisotopic (exact) mass is 314 g/mol. The Balaban J connectivity index is 2.04. The third kappa shape index (κ3) is 2.99. The molecule has 0 unspecified atom stereocenters. The van der Waals surface area contributed by atoms with Gasteiger partial charge in [-0.3, -0.25) is 9.89 Å². The third-order valence-corrected chi connectivity index (χ3v) is 4.10. The maximum atomic E-state index is 12.4. The van der Waals surface area contributed by atoms with E-state index in [9.17, 15) is 4.79 Å². The average molecular weight is 314 g/mol. The van der Waals surface area contributed by atoms with Crippen molar-refractivity contribution in [3.05, 3.63) is 47.5 Å². The summed E-state index contributed by atoms with van der Waals surface area (Å²) >= 11 is 0.